The SMILES string of the molecule is CCNC(=O)[C@@H](CC)N(CCc1ccccc1)C(=O)COc1cc(C)c(Br)c(C)c1. The van der Waals surface area contributed by atoms with Crippen molar-refractivity contribution in [2.45, 2.75) is 46.6 Å². The van der Waals surface area contributed by atoms with E-state index < -0.39 is 6.04 Å². The Morgan fingerprint density at radius 2 is 1.73 bits per heavy atom. The summed E-state index contributed by atoms with van der Waals surface area (Å²) in [6, 6.07) is 13.3. The molecule has 0 saturated heterocycles. The minimum atomic E-state index is -0.516. The van der Waals surface area contributed by atoms with Crippen LogP contribution in [0.25, 0.3) is 0 Å². The Bertz CT molecular complexity index is 832. The smallest absolute Gasteiger partial charge is 0.261 e. The Balaban J connectivity index is 2.14. The topological polar surface area (TPSA) is 58.6 Å². The lowest BCUT2D eigenvalue weighted by Gasteiger charge is -2.30. The van der Waals surface area contributed by atoms with Gasteiger partial charge in [0.05, 0.1) is 0 Å². The van der Waals surface area contributed by atoms with Crippen LogP contribution >= 0.6 is 15.9 Å². The summed E-state index contributed by atoms with van der Waals surface area (Å²) in [6.07, 6.45) is 1.22. The second-order valence-corrected chi connectivity index (χ2v) is 8.09. The third-order valence-corrected chi connectivity index (χ3v) is 6.24. The number of carbonyl (C=O) groups is 2. The van der Waals surface area contributed by atoms with Crippen LogP contribution in [0, 0.1) is 13.8 Å². The first-order valence-electron chi connectivity index (χ1n) is 10.4. The number of halogens is 1. The van der Waals surface area contributed by atoms with E-state index in [0.717, 1.165) is 21.2 Å². The maximum absolute atomic E-state index is 13.1. The van der Waals surface area contributed by atoms with Crippen LogP contribution in [-0.4, -0.2) is 42.5 Å². The number of hydrogen-bond donors (Lipinski definition) is 1. The Hall–Kier alpha value is -2.34. The molecule has 0 aliphatic heterocycles. The number of ether oxygens (including phenoxy) is 1. The first-order chi connectivity index (χ1) is 14.4. The van der Waals surface area contributed by atoms with Crippen molar-refractivity contribution in [2.75, 3.05) is 19.7 Å². The molecule has 1 atom stereocenters. The van der Waals surface area contributed by atoms with Crippen LogP contribution < -0.4 is 10.1 Å². The van der Waals surface area contributed by atoms with Gasteiger partial charge in [-0.2, -0.15) is 0 Å². The third-order valence-electron chi connectivity index (χ3n) is 4.99. The molecule has 0 unspecified atom stereocenters. The Morgan fingerprint density at radius 3 is 2.30 bits per heavy atom. The van der Waals surface area contributed by atoms with Crippen molar-refractivity contribution < 1.29 is 14.3 Å². The van der Waals surface area contributed by atoms with Crippen molar-refractivity contribution >= 4 is 27.7 Å². The number of rotatable bonds is 10. The first-order valence-corrected chi connectivity index (χ1v) is 11.2. The van der Waals surface area contributed by atoms with Gasteiger partial charge in [0.2, 0.25) is 5.91 Å². The molecule has 2 rings (SSSR count). The zero-order valence-electron chi connectivity index (χ0n) is 18.2. The molecule has 2 amide bonds. The minimum absolute atomic E-state index is 0.106. The van der Waals surface area contributed by atoms with Crippen molar-refractivity contribution in [3.63, 3.8) is 0 Å². The third kappa shape index (κ3) is 6.59. The van der Waals surface area contributed by atoms with Gasteiger partial charge in [0.1, 0.15) is 11.8 Å². The number of benzene rings is 2. The summed E-state index contributed by atoms with van der Waals surface area (Å²) in [4.78, 5) is 27.3. The van der Waals surface area contributed by atoms with Gasteiger partial charge >= 0.3 is 0 Å². The Labute approximate surface area is 187 Å². The van der Waals surface area contributed by atoms with Gasteiger partial charge in [0.15, 0.2) is 6.61 Å². The molecule has 0 saturated carbocycles. The molecule has 1 N–H and O–H groups in total. The zero-order chi connectivity index (χ0) is 22.1. The summed E-state index contributed by atoms with van der Waals surface area (Å²) in [5.74, 6) is 0.328. The number of hydrogen-bond acceptors (Lipinski definition) is 3. The highest BCUT2D eigenvalue weighted by Crippen LogP contribution is 2.26. The van der Waals surface area contributed by atoms with Gasteiger partial charge in [-0.25, -0.2) is 0 Å². The number of nitrogens with zero attached hydrogens (tertiary/aromatic N) is 1. The van der Waals surface area contributed by atoms with Gasteiger partial charge in [0.25, 0.3) is 5.91 Å². The van der Waals surface area contributed by atoms with Crippen LogP contribution in [0.2, 0.25) is 0 Å². The largest absolute Gasteiger partial charge is 0.484 e. The van der Waals surface area contributed by atoms with Crippen molar-refractivity contribution in [1.29, 1.82) is 0 Å². The number of amides is 2. The fraction of sp³-hybridized carbons (Fsp3) is 0.417. The van der Waals surface area contributed by atoms with E-state index in [-0.39, 0.29) is 18.4 Å². The van der Waals surface area contributed by atoms with Crippen LogP contribution in [-0.2, 0) is 16.0 Å². The molecule has 2 aromatic carbocycles. The predicted molar refractivity (Wildman–Crippen MR) is 124 cm³/mol. The molecule has 30 heavy (non-hydrogen) atoms. The number of nitrogens with one attached hydrogen (secondary N) is 1. The fourth-order valence-electron chi connectivity index (χ4n) is 3.41. The second-order valence-electron chi connectivity index (χ2n) is 7.30. The van der Waals surface area contributed by atoms with Crippen molar-refractivity contribution in [1.82, 2.24) is 10.2 Å². The first kappa shape index (κ1) is 23.9. The minimum Gasteiger partial charge on any atom is -0.484 e. The number of aryl methyl sites for hydroxylation is 2. The van der Waals surface area contributed by atoms with E-state index in [4.69, 9.17) is 4.74 Å². The predicted octanol–water partition coefficient (Wildman–Crippen LogP) is 4.43. The average molecular weight is 475 g/mol. The van der Waals surface area contributed by atoms with Gasteiger partial charge in [-0.15, -0.1) is 0 Å². The van der Waals surface area contributed by atoms with Gasteiger partial charge in [-0.1, -0.05) is 53.2 Å². The summed E-state index contributed by atoms with van der Waals surface area (Å²) in [6.45, 7) is 8.66. The molecule has 0 aromatic heterocycles. The monoisotopic (exact) mass is 474 g/mol. The Kier molecular flexibility index (Phi) is 9.37. The normalized spacial score (nSPS) is 11.6. The molecule has 0 heterocycles. The molecule has 0 aliphatic carbocycles. The van der Waals surface area contributed by atoms with Crippen LogP contribution in [0.3, 0.4) is 0 Å². The standard InChI is InChI=1S/C24H31BrN2O3/c1-5-21(24(29)26-6-2)27(13-12-19-10-8-7-9-11-19)22(28)16-30-20-14-17(3)23(25)18(4)15-20/h7-11,14-15,21H,5-6,12-13,16H2,1-4H3,(H,26,29)/t21-/m1/s1. The number of carbonyl (C=O) groups excluding carboxylic acids is 2. The van der Waals surface area contributed by atoms with E-state index in [2.05, 4.69) is 21.2 Å². The highest BCUT2D eigenvalue weighted by atomic mass is 79.9. The molecule has 6 heteroatoms. The molecular formula is C24H31BrN2O3. The highest BCUT2D eigenvalue weighted by molar-refractivity contribution is 9.10. The van der Waals surface area contributed by atoms with E-state index in [1.807, 2.05) is 70.2 Å². The van der Waals surface area contributed by atoms with E-state index in [1.165, 1.54) is 0 Å². The van der Waals surface area contributed by atoms with E-state index in [1.54, 1.807) is 4.90 Å². The van der Waals surface area contributed by atoms with Crippen molar-refractivity contribution in [3.8, 4) is 5.75 Å². The summed E-state index contributed by atoms with van der Waals surface area (Å²) < 4.78 is 6.84. The van der Waals surface area contributed by atoms with Gasteiger partial charge < -0.3 is 15.0 Å². The molecule has 5 nitrogen and oxygen atoms in total. The maximum Gasteiger partial charge on any atom is 0.261 e. The van der Waals surface area contributed by atoms with Crippen LogP contribution in [0.5, 0.6) is 5.75 Å². The lowest BCUT2D eigenvalue weighted by Crippen LogP contribution is -2.51. The lowest BCUT2D eigenvalue weighted by atomic mass is 10.1. The average Bonchev–Trinajstić information content (AvgIpc) is 2.73. The van der Waals surface area contributed by atoms with Crippen molar-refractivity contribution in [3.05, 3.63) is 63.6 Å². The van der Waals surface area contributed by atoms with Crippen molar-refractivity contribution in [2.24, 2.45) is 0 Å². The highest BCUT2D eigenvalue weighted by Gasteiger charge is 2.28. The molecular weight excluding hydrogens is 444 g/mol. The summed E-state index contributed by atoms with van der Waals surface area (Å²) in [5, 5.41) is 2.85. The molecule has 0 bridgehead atoms. The molecule has 0 aliphatic rings. The van der Waals surface area contributed by atoms with Gasteiger partial charge in [-0.05, 0) is 62.4 Å². The second kappa shape index (κ2) is 11.7. The lowest BCUT2D eigenvalue weighted by molar-refractivity contribution is -0.142. The maximum atomic E-state index is 13.1. The molecule has 0 fully saturated rings. The van der Waals surface area contributed by atoms with Gasteiger partial charge in [0, 0.05) is 17.6 Å². The summed E-state index contributed by atoms with van der Waals surface area (Å²) >= 11 is 3.54. The molecule has 0 radical (unpaired) electrons. The van der Waals surface area contributed by atoms with E-state index in [0.29, 0.717) is 31.7 Å². The summed E-state index contributed by atoms with van der Waals surface area (Å²) in [7, 11) is 0. The van der Waals surface area contributed by atoms with Gasteiger partial charge in [-0.3, -0.25) is 9.59 Å². The van der Waals surface area contributed by atoms with Crippen LogP contribution in [0.15, 0.2) is 46.9 Å². The zero-order valence-corrected chi connectivity index (χ0v) is 19.8. The van der Waals surface area contributed by atoms with Crippen LogP contribution in [0.4, 0.5) is 0 Å². The summed E-state index contributed by atoms with van der Waals surface area (Å²) in [5.41, 5.74) is 3.22. The fourth-order valence-corrected chi connectivity index (χ4v) is 3.63. The molecule has 162 valence electrons. The quantitative estimate of drug-likeness (QED) is 0.553. The number of likely N-dealkylation sites (N-methyl/N-ethyl adjacent to an activating group) is 1. The van der Waals surface area contributed by atoms with E-state index >= 15 is 0 Å². The van der Waals surface area contributed by atoms with E-state index in [9.17, 15) is 9.59 Å². The molecule has 2 aromatic rings. The Morgan fingerprint density at radius 1 is 1.10 bits per heavy atom. The molecule has 0 spiro atoms. The van der Waals surface area contributed by atoms with Crippen LogP contribution in [0.1, 0.15) is 37.0 Å².